The van der Waals surface area contributed by atoms with Gasteiger partial charge in [0.05, 0.1) is 0 Å². The number of carbonyl (C=O) groups excluding carboxylic acids is 1. The van der Waals surface area contributed by atoms with E-state index in [2.05, 4.69) is 5.32 Å². The highest BCUT2D eigenvalue weighted by Crippen LogP contribution is 2.44. The third-order valence-corrected chi connectivity index (χ3v) is 5.76. The van der Waals surface area contributed by atoms with Crippen LogP contribution < -0.4 is 5.32 Å². The van der Waals surface area contributed by atoms with Gasteiger partial charge in [0.2, 0.25) is 0 Å². The van der Waals surface area contributed by atoms with Gasteiger partial charge in [-0.05, 0) is 40.8 Å². The number of aliphatic hydroxyl groups is 2. The third-order valence-electron chi connectivity index (χ3n) is 5.76. The Morgan fingerprint density at radius 3 is 2.22 bits per heavy atom. The number of hydrogen-bond donors (Lipinski definition) is 3. The maximum absolute atomic E-state index is 14.0. The predicted molar refractivity (Wildman–Crippen MR) is 115 cm³/mol. The largest absolute Gasteiger partial charge is 0.449 e. The van der Waals surface area contributed by atoms with Crippen LogP contribution >= 0.6 is 0 Å². The molecule has 0 bridgehead atoms. The normalized spacial score (nSPS) is 14.4. The van der Waals surface area contributed by atoms with Crippen LogP contribution in [0.5, 0.6) is 0 Å². The van der Waals surface area contributed by atoms with Crippen LogP contribution in [0.4, 0.5) is 13.6 Å². The molecule has 0 fully saturated rings. The van der Waals surface area contributed by atoms with E-state index in [0.29, 0.717) is 6.07 Å². The predicted octanol–water partition coefficient (Wildman–Crippen LogP) is 4.21. The first kappa shape index (κ1) is 21.9. The van der Waals surface area contributed by atoms with Crippen molar-refractivity contribution in [3.8, 4) is 11.1 Å². The molecule has 166 valence electrons. The van der Waals surface area contributed by atoms with E-state index in [4.69, 9.17) is 4.74 Å². The van der Waals surface area contributed by atoms with E-state index in [0.717, 1.165) is 28.3 Å². The molecule has 1 aliphatic carbocycles. The van der Waals surface area contributed by atoms with Crippen LogP contribution in [0.1, 0.15) is 34.3 Å². The summed E-state index contributed by atoms with van der Waals surface area (Å²) in [5, 5.41) is 22.8. The molecule has 0 saturated carbocycles. The van der Waals surface area contributed by atoms with Gasteiger partial charge < -0.3 is 20.3 Å². The summed E-state index contributed by atoms with van der Waals surface area (Å²) in [5.41, 5.74) is 4.24. The lowest BCUT2D eigenvalue weighted by Crippen LogP contribution is -2.36. The number of benzene rings is 3. The van der Waals surface area contributed by atoms with Gasteiger partial charge >= 0.3 is 6.09 Å². The summed E-state index contributed by atoms with van der Waals surface area (Å²) in [6, 6.07) is 17.6. The Balaban J connectivity index is 1.35. The zero-order chi connectivity index (χ0) is 22.8. The third kappa shape index (κ3) is 4.22. The van der Waals surface area contributed by atoms with E-state index in [1.54, 1.807) is 0 Å². The Labute approximate surface area is 184 Å². The minimum atomic E-state index is -1.64. The lowest BCUT2D eigenvalue weighted by Gasteiger charge is -2.20. The number of rotatable bonds is 6. The van der Waals surface area contributed by atoms with E-state index in [1.807, 2.05) is 48.5 Å². The van der Waals surface area contributed by atoms with Crippen LogP contribution in [0.2, 0.25) is 0 Å². The van der Waals surface area contributed by atoms with E-state index in [-0.39, 0.29) is 30.2 Å². The molecule has 7 heteroatoms. The smallest absolute Gasteiger partial charge is 0.407 e. The molecule has 2 atom stereocenters. The number of amides is 1. The summed E-state index contributed by atoms with van der Waals surface area (Å²) in [7, 11) is 0. The maximum atomic E-state index is 14.0. The fourth-order valence-electron chi connectivity index (χ4n) is 4.06. The number of aliphatic hydroxyl groups excluding tert-OH is 2. The second-order valence-corrected chi connectivity index (χ2v) is 7.84. The number of nitrogens with one attached hydrogen (secondary N) is 1. The van der Waals surface area contributed by atoms with Crippen molar-refractivity contribution in [2.24, 2.45) is 0 Å². The molecule has 2 unspecified atom stereocenters. The zero-order valence-corrected chi connectivity index (χ0v) is 17.4. The van der Waals surface area contributed by atoms with Crippen LogP contribution in [0.3, 0.4) is 0 Å². The Morgan fingerprint density at radius 1 is 1.00 bits per heavy atom. The molecule has 3 aromatic carbocycles. The van der Waals surface area contributed by atoms with Crippen LogP contribution in [0.25, 0.3) is 11.1 Å². The zero-order valence-electron chi connectivity index (χ0n) is 17.4. The van der Waals surface area contributed by atoms with Crippen LogP contribution in [-0.4, -0.2) is 35.6 Å². The molecule has 0 spiro atoms. The fraction of sp³-hybridized carbons (Fsp3) is 0.240. The minimum absolute atomic E-state index is 0.101. The van der Waals surface area contributed by atoms with Gasteiger partial charge in [-0.1, -0.05) is 48.5 Å². The van der Waals surface area contributed by atoms with Gasteiger partial charge in [0, 0.05) is 24.1 Å². The summed E-state index contributed by atoms with van der Waals surface area (Å²) >= 11 is 0. The van der Waals surface area contributed by atoms with Crippen molar-refractivity contribution in [3.63, 3.8) is 0 Å². The average molecular weight is 439 g/mol. The summed E-state index contributed by atoms with van der Waals surface area (Å²) in [6.07, 6.45) is -3.91. The van der Waals surface area contributed by atoms with E-state index >= 15 is 0 Å². The van der Waals surface area contributed by atoms with Crippen LogP contribution in [0, 0.1) is 18.6 Å². The molecular weight excluding hydrogens is 416 g/mol. The SMILES string of the molecule is Cc1cc(C(O)C(O)CNC(=O)OCC2c3ccccc3-c3ccccc32)c(F)cc1F. The van der Waals surface area contributed by atoms with Crippen molar-refractivity contribution >= 4 is 6.09 Å². The molecule has 3 aromatic rings. The number of halogens is 2. The van der Waals surface area contributed by atoms with Crippen molar-refractivity contribution in [1.82, 2.24) is 5.32 Å². The summed E-state index contributed by atoms with van der Waals surface area (Å²) in [4.78, 5) is 12.2. The highest BCUT2D eigenvalue weighted by Gasteiger charge is 2.29. The van der Waals surface area contributed by atoms with Gasteiger partial charge in [0.1, 0.15) is 30.4 Å². The second-order valence-electron chi connectivity index (χ2n) is 7.84. The molecular formula is C25H23F2NO4. The monoisotopic (exact) mass is 439 g/mol. The molecule has 3 N–H and O–H groups in total. The first-order valence-corrected chi connectivity index (χ1v) is 10.3. The highest BCUT2D eigenvalue weighted by atomic mass is 19.1. The highest BCUT2D eigenvalue weighted by molar-refractivity contribution is 5.79. The van der Waals surface area contributed by atoms with Gasteiger partial charge in [-0.25, -0.2) is 13.6 Å². The topological polar surface area (TPSA) is 78.8 Å². The standard InChI is InChI=1S/C25H23F2NO4/c1-14-10-19(22(27)11-21(14)26)24(30)23(29)12-28-25(31)32-13-20-17-8-4-2-6-15(17)16-7-3-5-9-18(16)20/h2-11,20,23-24,29-30H,12-13H2,1H3,(H,28,31). The van der Waals surface area contributed by atoms with Crippen molar-refractivity contribution < 1.29 is 28.5 Å². The second kappa shape index (κ2) is 9.06. The molecule has 0 aromatic heterocycles. The molecule has 5 nitrogen and oxygen atoms in total. The lowest BCUT2D eigenvalue weighted by molar-refractivity contribution is 0.0164. The van der Waals surface area contributed by atoms with E-state index < -0.39 is 29.9 Å². The number of hydrogen-bond acceptors (Lipinski definition) is 4. The Kier molecular flexibility index (Phi) is 6.21. The summed E-state index contributed by atoms with van der Waals surface area (Å²) in [6.45, 7) is 1.16. The number of fused-ring (bicyclic) bond motifs is 3. The fourth-order valence-corrected chi connectivity index (χ4v) is 4.06. The average Bonchev–Trinajstić information content (AvgIpc) is 3.11. The van der Waals surface area contributed by atoms with Crippen molar-refractivity contribution in [2.75, 3.05) is 13.2 Å². The van der Waals surface area contributed by atoms with E-state index in [9.17, 15) is 23.8 Å². The lowest BCUT2D eigenvalue weighted by atomic mass is 9.98. The van der Waals surface area contributed by atoms with E-state index in [1.165, 1.54) is 6.92 Å². The Bertz CT molecular complexity index is 1110. The quantitative estimate of drug-likeness (QED) is 0.538. The number of aryl methyl sites for hydroxylation is 1. The molecule has 32 heavy (non-hydrogen) atoms. The number of alkyl carbamates (subject to hydrolysis) is 1. The Hall–Kier alpha value is -3.29. The maximum Gasteiger partial charge on any atom is 0.407 e. The first-order chi connectivity index (χ1) is 15.4. The van der Waals surface area contributed by atoms with Crippen LogP contribution in [0.15, 0.2) is 60.7 Å². The van der Waals surface area contributed by atoms with Gasteiger partial charge in [-0.3, -0.25) is 0 Å². The molecule has 0 aliphatic heterocycles. The summed E-state index contributed by atoms with van der Waals surface area (Å²) in [5.74, 6) is -1.83. The molecule has 1 aliphatic rings. The molecule has 0 saturated heterocycles. The van der Waals surface area contributed by atoms with Gasteiger partial charge in [0.25, 0.3) is 0 Å². The first-order valence-electron chi connectivity index (χ1n) is 10.3. The van der Waals surface area contributed by atoms with Crippen molar-refractivity contribution in [2.45, 2.75) is 25.0 Å². The van der Waals surface area contributed by atoms with Gasteiger partial charge in [-0.15, -0.1) is 0 Å². The number of carbonyl (C=O) groups is 1. The molecule has 4 rings (SSSR count). The Morgan fingerprint density at radius 2 is 1.59 bits per heavy atom. The number of ether oxygens (including phenoxy) is 1. The molecule has 0 radical (unpaired) electrons. The van der Waals surface area contributed by atoms with Crippen LogP contribution in [-0.2, 0) is 4.74 Å². The van der Waals surface area contributed by atoms with Crippen molar-refractivity contribution in [1.29, 1.82) is 0 Å². The van der Waals surface area contributed by atoms with Gasteiger partial charge in [0.15, 0.2) is 0 Å². The minimum Gasteiger partial charge on any atom is -0.449 e. The molecule has 0 heterocycles. The summed E-state index contributed by atoms with van der Waals surface area (Å²) < 4.78 is 32.7. The van der Waals surface area contributed by atoms with Gasteiger partial charge in [-0.2, -0.15) is 0 Å². The molecule has 1 amide bonds. The van der Waals surface area contributed by atoms with Crippen molar-refractivity contribution in [3.05, 3.63) is 94.6 Å².